The first-order valence-corrected chi connectivity index (χ1v) is 8.50. The minimum Gasteiger partial charge on any atom is -0.415 e. The fraction of sp³-hybridized carbons (Fsp3) is 0.250. The topological polar surface area (TPSA) is 59.2 Å². The van der Waals surface area contributed by atoms with E-state index in [-0.39, 0.29) is 11.8 Å². The number of nitrogens with zero attached hydrogens (tertiary/aromatic N) is 3. The lowest BCUT2D eigenvalue weighted by atomic mass is 9.86. The van der Waals surface area contributed by atoms with Crippen LogP contribution >= 0.6 is 0 Å². The fourth-order valence-corrected chi connectivity index (χ4v) is 3.33. The third kappa shape index (κ3) is 2.89. The Kier molecular flexibility index (Phi) is 4.02. The van der Waals surface area contributed by atoms with Crippen molar-refractivity contribution in [1.29, 1.82) is 0 Å². The number of carbonyl (C=O) groups is 1. The van der Waals surface area contributed by atoms with E-state index in [1.807, 2.05) is 50.2 Å². The van der Waals surface area contributed by atoms with E-state index in [1.54, 1.807) is 17.0 Å². The largest absolute Gasteiger partial charge is 0.415 e. The van der Waals surface area contributed by atoms with E-state index in [4.69, 9.17) is 4.42 Å². The summed E-state index contributed by atoms with van der Waals surface area (Å²) in [6.45, 7) is 4.27. The number of rotatable bonds is 4. The number of amides is 1. The van der Waals surface area contributed by atoms with Crippen molar-refractivity contribution in [3.63, 3.8) is 0 Å². The number of hydrogen-bond acceptors (Lipinski definition) is 4. The highest BCUT2D eigenvalue weighted by Crippen LogP contribution is 2.42. The van der Waals surface area contributed by atoms with Gasteiger partial charge < -0.3 is 9.32 Å². The van der Waals surface area contributed by atoms with Gasteiger partial charge in [-0.3, -0.25) is 4.79 Å². The highest BCUT2D eigenvalue weighted by molar-refractivity contribution is 6.07. The van der Waals surface area contributed by atoms with Crippen LogP contribution in [0.2, 0.25) is 0 Å². The number of alkyl halides is 2. The standard InChI is InChI=1S/C20H17F2N3O2/c1-20(2)14-5-3-4-6-15(14)25(19(20)26)11-12-7-9-13(10-8-12)17-23-24-18(27-17)16(21)22/h3-10,16H,11H2,1-2H3. The number of fused-ring (bicyclic) bond motifs is 1. The summed E-state index contributed by atoms with van der Waals surface area (Å²) < 4.78 is 30.1. The van der Waals surface area contributed by atoms with Gasteiger partial charge in [-0.2, -0.15) is 8.78 Å². The SMILES string of the molecule is CC1(C)C(=O)N(Cc2ccc(-c3nnc(C(F)F)o3)cc2)c2ccccc21. The van der Waals surface area contributed by atoms with E-state index in [2.05, 4.69) is 10.2 Å². The summed E-state index contributed by atoms with van der Waals surface area (Å²) in [5, 5.41) is 6.97. The van der Waals surface area contributed by atoms with Gasteiger partial charge in [-0.1, -0.05) is 30.3 Å². The second kappa shape index (κ2) is 6.26. The molecule has 0 spiro atoms. The molecule has 138 valence electrons. The van der Waals surface area contributed by atoms with Crippen molar-refractivity contribution in [2.75, 3.05) is 4.90 Å². The highest BCUT2D eigenvalue weighted by Gasteiger charge is 2.43. The van der Waals surface area contributed by atoms with E-state index in [9.17, 15) is 13.6 Å². The van der Waals surface area contributed by atoms with Gasteiger partial charge in [0.05, 0.1) is 12.0 Å². The smallest absolute Gasteiger partial charge is 0.314 e. The molecule has 5 nitrogen and oxygen atoms in total. The molecule has 3 aromatic rings. The van der Waals surface area contributed by atoms with Crippen LogP contribution in [0.3, 0.4) is 0 Å². The molecule has 0 saturated heterocycles. The van der Waals surface area contributed by atoms with E-state index >= 15 is 0 Å². The second-order valence-electron chi connectivity index (χ2n) is 6.98. The van der Waals surface area contributed by atoms with Gasteiger partial charge in [0.1, 0.15) is 0 Å². The minimum atomic E-state index is -2.80. The zero-order valence-electron chi connectivity index (χ0n) is 14.8. The molecule has 0 atom stereocenters. The summed E-state index contributed by atoms with van der Waals surface area (Å²) in [7, 11) is 0. The molecular formula is C20H17F2N3O2. The normalized spacial score (nSPS) is 15.4. The van der Waals surface area contributed by atoms with Crippen LogP contribution in [0.25, 0.3) is 11.5 Å². The predicted octanol–water partition coefficient (Wildman–Crippen LogP) is 4.50. The first-order chi connectivity index (χ1) is 12.9. The average Bonchev–Trinajstić information content (AvgIpc) is 3.22. The number of aromatic nitrogens is 2. The van der Waals surface area contributed by atoms with Crippen LogP contribution in [0, 0.1) is 0 Å². The number of hydrogen-bond donors (Lipinski definition) is 0. The molecule has 4 rings (SSSR count). The Hall–Kier alpha value is -3.09. The predicted molar refractivity (Wildman–Crippen MR) is 95.3 cm³/mol. The van der Waals surface area contributed by atoms with Gasteiger partial charge in [0, 0.05) is 11.3 Å². The molecule has 0 unspecified atom stereocenters. The highest BCUT2D eigenvalue weighted by atomic mass is 19.3. The van der Waals surface area contributed by atoms with Gasteiger partial charge in [-0.05, 0) is 43.2 Å². The van der Waals surface area contributed by atoms with E-state index in [1.165, 1.54) is 0 Å². The maximum atomic E-state index is 12.9. The lowest BCUT2D eigenvalue weighted by Crippen LogP contribution is -2.35. The number of para-hydroxylation sites is 1. The molecule has 1 amide bonds. The summed E-state index contributed by atoms with van der Waals surface area (Å²) in [6, 6.07) is 14.9. The van der Waals surface area contributed by atoms with Crippen molar-refractivity contribution in [3.8, 4) is 11.5 Å². The maximum Gasteiger partial charge on any atom is 0.314 e. The number of carbonyl (C=O) groups excluding carboxylic acids is 1. The molecule has 0 aliphatic carbocycles. The van der Waals surface area contributed by atoms with Gasteiger partial charge >= 0.3 is 6.43 Å². The quantitative estimate of drug-likeness (QED) is 0.679. The second-order valence-corrected chi connectivity index (χ2v) is 6.98. The summed E-state index contributed by atoms with van der Waals surface area (Å²) >= 11 is 0. The van der Waals surface area contributed by atoms with Gasteiger partial charge in [0.15, 0.2) is 0 Å². The molecule has 2 aromatic carbocycles. The van der Waals surface area contributed by atoms with Crippen LogP contribution in [-0.2, 0) is 16.8 Å². The van der Waals surface area contributed by atoms with Crippen LogP contribution < -0.4 is 4.90 Å². The first kappa shape index (κ1) is 17.3. The molecule has 1 aliphatic rings. The van der Waals surface area contributed by atoms with Crippen molar-refractivity contribution in [2.45, 2.75) is 32.2 Å². The molecule has 1 aromatic heterocycles. The summed E-state index contributed by atoms with van der Waals surface area (Å²) in [4.78, 5) is 14.6. The van der Waals surface area contributed by atoms with Crippen molar-refractivity contribution >= 4 is 11.6 Å². The molecule has 0 fully saturated rings. The Labute approximate surface area is 154 Å². The van der Waals surface area contributed by atoms with Crippen LogP contribution in [0.1, 0.15) is 37.3 Å². The molecule has 27 heavy (non-hydrogen) atoms. The van der Waals surface area contributed by atoms with Crippen molar-refractivity contribution in [3.05, 3.63) is 65.5 Å². The minimum absolute atomic E-state index is 0.0422. The average molecular weight is 369 g/mol. The Morgan fingerprint density at radius 2 is 1.78 bits per heavy atom. The van der Waals surface area contributed by atoms with E-state index in [0.29, 0.717) is 12.1 Å². The summed E-state index contributed by atoms with van der Waals surface area (Å²) in [5.41, 5.74) is 2.82. The van der Waals surface area contributed by atoms with Crippen molar-refractivity contribution < 1.29 is 18.0 Å². The van der Waals surface area contributed by atoms with Gasteiger partial charge in [0.25, 0.3) is 5.89 Å². The Morgan fingerprint density at radius 1 is 1.07 bits per heavy atom. The summed E-state index contributed by atoms with van der Waals surface area (Å²) in [5.74, 6) is -0.609. The van der Waals surface area contributed by atoms with Gasteiger partial charge in [-0.15, -0.1) is 10.2 Å². The fourth-order valence-electron chi connectivity index (χ4n) is 3.33. The Morgan fingerprint density at radius 3 is 2.44 bits per heavy atom. The molecule has 7 heteroatoms. The van der Waals surface area contributed by atoms with Crippen molar-refractivity contribution in [2.24, 2.45) is 0 Å². The Bertz CT molecular complexity index is 996. The van der Waals surface area contributed by atoms with Crippen molar-refractivity contribution in [1.82, 2.24) is 10.2 Å². The number of benzene rings is 2. The zero-order valence-corrected chi connectivity index (χ0v) is 14.8. The molecule has 0 saturated carbocycles. The maximum absolute atomic E-state index is 12.9. The van der Waals surface area contributed by atoms with Crippen LogP contribution in [-0.4, -0.2) is 16.1 Å². The molecule has 0 N–H and O–H groups in total. The van der Waals surface area contributed by atoms with Crippen LogP contribution in [0.4, 0.5) is 14.5 Å². The zero-order chi connectivity index (χ0) is 19.2. The lowest BCUT2D eigenvalue weighted by Gasteiger charge is -2.20. The molecule has 1 aliphatic heterocycles. The van der Waals surface area contributed by atoms with E-state index < -0.39 is 17.7 Å². The Balaban J connectivity index is 1.58. The molecule has 2 heterocycles. The number of anilines is 1. The van der Waals surface area contributed by atoms with Gasteiger partial charge in [0.2, 0.25) is 11.8 Å². The summed E-state index contributed by atoms with van der Waals surface area (Å²) in [6.07, 6.45) is -2.80. The molecule has 0 bridgehead atoms. The molecule has 0 radical (unpaired) electrons. The van der Waals surface area contributed by atoms with E-state index in [0.717, 1.165) is 16.8 Å². The lowest BCUT2D eigenvalue weighted by molar-refractivity contribution is -0.122. The van der Waals surface area contributed by atoms with Crippen LogP contribution in [0.15, 0.2) is 52.9 Å². The molecular weight excluding hydrogens is 352 g/mol. The monoisotopic (exact) mass is 369 g/mol. The first-order valence-electron chi connectivity index (χ1n) is 8.50. The number of halogens is 2. The van der Waals surface area contributed by atoms with Crippen LogP contribution in [0.5, 0.6) is 0 Å². The van der Waals surface area contributed by atoms with Gasteiger partial charge in [-0.25, -0.2) is 0 Å². The third-order valence-electron chi connectivity index (χ3n) is 4.82. The third-order valence-corrected chi connectivity index (χ3v) is 4.82.